The van der Waals surface area contributed by atoms with E-state index in [9.17, 15) is 19.5 Å². The minimum absolute atomic E-state index is 0.0302. The highest BCUT2D eigenvalue weighted by atomic mass is 16.5. The maximum Gasteiger partial charge on any atom is 0.326 e. The summed E-state index contributed by atoms with van der Waals surface area (Å²) in [6.45, 7) is 4.84. The van der Waals surface area contributed by atoms with Crippen LogP contribution in [-0.4, -0.2) is 41.6 Å². The summed E-state index contributed by atoms with van der Waals surface area (Å²) in [7, 11) is 0. The molecule has 2 unspecified atom stereocenters. The van der Waals surface area contributed by atoms with Gasteiger partial charge in [-0.05, 0) is 96.4 Å². The van der Waals surface area contributed by atoms with Gasteiger partial charge in [0.2, 0.25) is 5.91 Å². The van der Waals surface area contributed by atoms with Gasteiger partial charge in [-0.3, -0.25) is 9.59 Å². The molecule has 0 aromatic heterocycles. The quantitative estimate of drug-likeness (QED) is 0.0320. The summed E-state index contributed by atoms with van der Waals surface area (Å²) in [6.07, 6.45) is 59.6. The van der Waals surface area contributed by atoms with E-state index >= 15 is 0 Å². The van der Waals surface area contributed by atoms with Crippen molar-refractivity contribution in [2.75, 3.05) is 6.54 Å². The van der Waals surface area contributed by atoms with E-state index in [1.54, 1.807) is 0 Å². The molecule has 0 spiro atoms. The summed E-state index contributed by atoms with van der Waals surface area (Å²) >= 11 is 0. The van der Waals surface area contributed by atoms with E-state index in [4.69, 9.17) is 10.5 Å². The predicted octanol–water partition coefficient (Wildman–Crippen LogP) is 14.3. The molecule has 0 aliphatic rings. The fraction of sp³-hybridized carbons (Fsp3) is 0.712. The van der Waals surface area contributed by atoms with Crippen LogP contribution in [0.3, 0.4) is 0 Å². The Morgan fingerprint density at radius 1 is 0.508 bits per heavy atom. The normalized spacial score (nSPS) is 13.3. The molecule has 0 radical (unpaired) electrons. The van der Waals surface area contributed by atoms with Gasteiger partial charge in [0.1, 0.15) is 12.1 Å². The molecule has 0 heterocycles. The average molecular weight is 823 g/mol. The Bertz CT molecular complexity index is 1150. The van der Waals surface area contributed by atoms with Gasteiger partial charge in [-0.25, -0.2) is 4.79 Å². The molecule has 0 rings (SSSR count). The van der Waals surface area contributed by atoms with E-state index in [1.165, 1.54) is 83.5 Å². The molecule has 0 fully saturated rings. The SMILES string of the molecule is CC/C=C\C/C=C\C/C=C\C/C=C\C/C=C\C/C=C\CCC(=O)OC(CCCCCCCCCCCCCCCC)CCCCCCCC(=O)NC(CCCN)C(=O)O. The zero-order chi connectivity index (χ0) is 43.1. The van der Waals surface area contributed by atoms with Crippen LogP contribution < -0.4 is 11.1 Å². The van der Waals surface area contributed by atoms with Crippen molar-refractivity contribution in [2.24, 2.45) is 5.73 Å². The minimum Gasteiger partial charge on any atom is -0.480 e. The first-order valence-corrected chi connectivity index (χ1v) is 24.3. The van der Waals surface area contributed by atoms with Gasteiger partial charge in [-0.2, -0.15) is 0 Å². The Hall–Kier alpha value is -3.19. The molecule has 1 amide bonds. The first-order chi connectivity index (χ1) is 28.9. The zero-order valence-electron chi connectivity index (χ0n) is 38.1. The van der Waals surface area contributed by atoms with Crippen molar-refractivity contribution in [3.8, 4) is 0 Å². The number of allylic oxidation sites excluding steroid dienone is 12. The largest absolute Gasteiger partial charge is 0.480 e. The van der Waals surface area contributed by atoms with E-state index in [-0.39, 0.29) is 18.0 Å². The van der Waals surface area contributed by atoms with E-state index in [2.05, 4.69) is 92.1 Å². The number of carbonyl (C=O) groups is 3. The number of rotatable bonds is 43. The first-order valence-electron chi connectivity index (χ1n) is 24.3. The molecule has 0 saturated carbocycles. The molecule has 2 atom stereocenters. The van der Waals surface area contributed by atoms with Crippen molar-refractivity contribution in [3.05, 3.63) is 72.9 Å². The van der Waals surface area contributed by atoms with Crippen LogP contribution in [0, 0.1) is 0 Å². The van der Waals surface area contributed by atoms with Crippen molar-refractivity contribution in [1.82, 2.24) is 5.32 Å². The highest BCUT2D eigenvalue weighted by Gasteiger charge is 2.19. The lowest BCUT2D eigenvalue weighted by atomic mass is 10.0. The van der Waals surface area contributed by atoms with Crippen LogP contribution in [0.25, 0.3) is 0 Å². The molecule has 7 nitrogen and oxygen atoms in total. The van der Waals surface area contributed by atoms with Crippen LogP contribution in [-0.2, 0) is 19.1 Å². The lowest BCUT2D eigenvalue weighted by Crippen LogP contribution is -2.40. The predicted molar refractivity (Wildman–Crippen MR) is 252 cm³/mol. The topological polar surface area (TPSA) is 119 Å². The number of amides is 1. The smallest absolute Gasteiger partial charge is 0.326 e. The maximum atomic E-state index is 12.8. The van der Waals surface area contributed by atoms with Gasteiger partial charge in [0.05, 0.1) is 0 Å². The Morgan fingerprint density at radius 2 is 0.915 bits per heavy atom. The van der Waals surface area contributed by atoms with Crippen LogP contribution in [0.2, 0.25) is 0 Å². The van der Waals surface area contributed by atoms with E-state index in [0.717, 1.165) is 89.9 Å². The van der Waals surface area contributed by atoms with Gasteiger partial charge >= 0.3 is 11.9 Å². The van der Waals surface area contributed by atoms with Crippen LogP contribution in [0.4, 0.5) is 0 Å². The second kappa shape index (κ2) is 45.9. The molecule has 0 aliphatic carbocycles. The summed E-state index contributed by atoms with van der Waals surface area (Å²) in [5.41, 5.74) is 5.49. The van der Waals surface area contributed by atoms with Crippen molar-refractivity contribution in [1.29, 1.82) is 0 Å². The second-order valence-corrected chi connectivity index (χ2v) is 16.1. The Morgan fingerprint density at radius 3 is 1.34 bits per heavy atom. The molecule has 0 aromatic carbocycles. The number of esters is 1. The number of carboxylic acids is 1. The summed E-state index contributed by atoms with van der Waals surface area (Å²) in [5, 5.41) is 12.0. The number of unbranched alkanes of at least 4 members (excludes halogenated alkanes) is 17. The first kappa shape index (κ1) is 55.8. The third-order valence-corrected chi connectivity index (χ3v) is 10.5. The third-order valence-electron chi connectivity index (χ3n) is 10.5. The van der Waals surface area contributed by atoms with E-state index in [0.29, 0.717) is 38.6 Å². The highest BCUT2D eigenvalue weighted by Crippen LogP contribution is 2.19. The minimum atomic E-state index is -1.01. The van der Waals surface area contributed by atoms with Gasteiger partial charge in [0.25, 0.3) is 0 Å². The van der Waals surface area contributed by atoms with Crippen LogP contribution in [0.5, 0.6) is 0 Å². The zero-order valence-corrected chi connectivity index (χ0v) is 38.1. The molecule has 4 N–H and O–H groups in total. The molecule has 59 heavy (non-hydrogen) atoms. The Balaban J connectivity index is 4.45. The number of hydrogen-bond acceptors (Lipinski definition) is 5. The van der Waals surface area contributed by atoms with Gasteiger partial charge < -0.3 is 20.9 Å². The molecule has 0 aromatic rings. The lowest BCUT2D eigenvalue weighted by Gasteiger charge is -2.18. The summed E-state index contributed by atoms with van der Waals surface area (Å²) in [6, 6.07) is -0.865. The summed E-state index contributed by atoms with van der Waals surface area (Å²) < 4.78 is 6.03. The molecule has 0 bridgehead atoms. The Kier molecular flexibility index (Phi) is 43.4. The second-order valence-electron chi connectivity index (χ2n) is 16.1. The summed E-state index contributed by atoms with van der Waals surface area (Å²) in [5.74, 6) is -1.32. The number of carboxylic acid groups (broad SMARTS) is 1. The molecule has 0 saturated heterocycles. The van der Waals surface area contributed by atoms with E-state index < -0.39 is 12.0 Å². The number of hydrogen-bond donors (Lipinski definition) is 3. The summed E-state index contributed by atoms with van der Waals surface area (Å²) in [4.78, 5) is 36.5. The number of ether oxygens (including phenoxy) is 1. The van der Waals surface area contributed by atoms with Crippen LogP contribution >= 0.6 is 0 Å². The molecular weight excluding hydrogens is 733 g/mol. The Labute approximate surface area is 362 Å². The molecule has 338 valence electrons. The van der Waals surface area contributed by atoms with Gasteiger partial charge in [0, 0.05) is 12.8 Å². The standard InChI is InChI=1S/C52H90N2O5/c1-3-5-7-9-11-13-15-17-19-20-21-22-23-25-27-29-31-36-40-46-51(56)59-48(42-37-33-30-28-26-24-18-16-14-12-10-8-6-4-2)43-38-34-32-35-39-45-50(55)54-49(52(57)58)44-41-47-53/h5,7,11,13,17,19,21-22,25,27,31,36,48-49H,3-4,6,8-10,12,14-16,18,20,23-24,26,28-30,32-35,37-47,53H2,1-2H3,(H,54,55)(H,57,58)/b7-5-,13-11-,19-17-,22-21-,27-25-,36-31-. The average Bonchev–Trinajstić information content (AvgIpc) is 3.22. The van der Waals surface area contributed by atoms with Gasteiger partial charge in [-0.1, -0.05) is 189 Å². The van der Waals surface area contributed by atoms with Crippen LogP contribution in [0.1, 0.15) is 219 Å². The lowest BCUT2D eigenvalue weighted by molar-refractivity contribution is -0.149. The van der Waals surface area contributed by atoms with Crippen LogP contribution in [0.15, 0.2) is 72.9 Å². The third kappa shape index (κ3) is 42.7. The fourth-order valence-electron chi connectivity index (χ4n) is 6.95. The number of aliphatic carboxylic acids is 1. The van der Waals surface area contributed by atoms with Crippen molar-refractivity contribution < 1.29 is 24.2 Å². The highest BCUT2D eigenvalue weighted by molar-refractivity contribution is 5.83. The molecule has 0 aliphatic heterocycles. The van der Waals surface area contributed by atoms with Crippen molar-refractivity contribution >= 4 is 17.8 Å². The monoisotopic (exact) mass is 823 g/mol. The molecule has 7 heteroatoms. The fourth-order valence-corrected chi connectivity index (χ4v) is 6.95. The number of nitrogens with two attached hydrogens (primary N) is 1. The van der Waals surface area contributed by atoms with Crippen molar-refractivity contribution in [3.63, 3.8) is 0 Å². The van der Waals surface area contributed by atoms with E-state index in [1.807, 2.05) is 0 Å². The van der Waals surface area contributed by atoms with Gasteiger partial charge in [0.15, 0.2) is 0 Å². The van der Waals surface area contributed by atoms with Gasteiger partial charge in [-0.15, -0.1) is 0 Å². The maximum absolute atomic E-state index is 12.8. The molecular formula is C52H90N2O5. The van der Waals surface area contributed by atoms with Crippen molar-refractivity contribution in [2.45, 2.75) is 231 Å². The number of carbonyl (C=O) groups excluding carboxylic acids is 2. The number of nitrogens with one attached hydrogen (secondary N) is 1.